The molecule has 0 aromatic carbocycles. The van der Waals surface area contributed by atoms with Crippen LogP contribution in [-0.2, 0) is 9.59 Å². The Balaban J connectivity index is -0.000000451. The summed E-state index contributed by atoms with van der Waals surface area (Å²) in [5.74, 6) is -1.82. The second-order valence-corrected chi connectivity index (χ2v) is 7.90. The maximum absolute atomic E-state index is 10.1. The van der Waals surface area contributed by atoms with E-state index in [4.69, 9.17) is 0 Å². The van der Waals surface area contributed by atoms with Gasteiger partial charge in [0.2, 0.25) is 0 Å². The van der Waals surface area contributed by atoms with E-state index in [1.54, 1.807) is 0 Å². The molecule has 3 radical (unpaired) electrons. The van der Waals surface area contributed by atoms with Crippen molar-refractivity contribution in [3.8, 4) is 0 Å². The van der Waals surface area contributed by atoms with E-state index >= 15 is 0 Å². The first-order valence-electron chi connectivity index (χ1n) is 11.9. The summed E-state index contributed by atoms with van der Waals surface area (Å²) in [6, 6.07) is 0. The average Bonchev–Trinajstić information content (AvgIpc) is 2.65. The minimum absolute atomic E-state index is 0. The Labute approximate surface area is 199 Å². The van der Waals surface area contributed by atoms with Gasteiger partial charge in [-0.15, -0.1) is 0 Å². The summed E-state index contributed by atoms with van der Waals surface area (Å²) < 4.78 is 0. The summed E-state index contributed by atoms with van der Waals surface area (Å²) in [5, 5.41) is 20.2. The number of rotatable bonds is 20. The van der Waals surface area contributed by atoms with Gasteiger partial charge in [0.05, 0.1) is 0 Å². The zero-order valence-corrected chi connectivity index (χ0v) is 22.7. The molecular formula is C24H46BiO4. The topological polar surface area (TPSA) is 80.3 Å². The zero-order chi connectivity index (χ0) is 21.3. The van der Waals surface area contributed by atoms with E-state index < -0.39 is 11.9 Å². The summed E-state index contributed by atoms with van der Waals surface area (Å²) in [5.41, 5.74) is 0. The van der Waals surface area contributed by atoms with Gasteiger partial charge in [-0.3, -0.25) is 0 Å². The second kappa shape index (κ2) is 30.0. The standard InChI is InChI=1S/2C12H24O2.Bi/c2*1-2-3-4-5-6-7-8-9-10-11-12(13)14;/h2*2-11H2,1H3,(H,13,14);/q;;+2/p-2. The van der Waals surface area contributed by atoms with Gasteiger partial charge in [-0.1, -0.05) is 117 Å². The Morgan fingerprint density at radius 1 is 0.448 bits per heavy atom. The summed E-state index contributed by atoms with van der Waals surface area (Å²) in [4.78, 5) is 20.2. The Morgan fingerprint density at radius 3 is 0.862 bits per heavy atom. The van der Waals surface area contributed by atoms with Gasteiger partial charge in [0.15, 0.2) is 0 Å². The van der Waals surface area contributed by atoms with Gasteiger partial charge in [-0.2, -0.15) is 0 Å². The number of hydrogen-bond acceptors (Lipinski definition) is 4. The van der Waals surface area contributed by atoms with Crippen LogP contribution in [0.2, 0.25) is 0 Å². The molecule has 0 aromatic rings. The fraction of sp³-hybridized carbons (Fsp3) is 0.917. The van der Waals surface area contributed by atoms with Crippen LogP contribution in [0, 0.1) is 0 Å². The van der Waals surface area contributed by atoms with E-state index in [9.17, 15) is 19.8 Å². The Hall–Kier alpha value is -0.177. The molecule has 0 bridgehead atoms. The van der Waals surface area contributed by atoms with Crippen LogP contribution in [0.15, 0.2) is 0 Å². The maximum atomic E-state index is 10.1. The molecule has 0 N–H and O–H groups in total. The maximum Gasteiger partial charge on any atom is 2.00 e. The van der Waals surface area contributed by atoms with Gasteiger partial charge in [0, 0.05) is 11.9 Å². The van der Waals surface area contributed by atoms with Gasteiger partial charge in [-0.25, -0.2) is 0 Å². The van der Waals surface area contributed by atoms with Gasteiger partial charge < -0.3 is 19.8 Å². The van der Waals surface area contributed by atoms with Crippen LogP contribution in [0.5, 0.6) is 0 Å². The molecule has 0 aliphatic heterocycles. The number of aliphatic carboxylic acids is 2. The molecule has 0 aliphatic rings. The van der Waals surface area contributed by atoms with E-state index in [0.717, 1.165) is 25.7 Å². The molecule has 171 valence electrons. The van der Waals surface area contributed by atoms with Crippen molar-refractivity contribution in [2.24, 2.45) is 0 Å². The van der Waals surface area contributed by atoms with E-state index in [0.29, 0.717) is 0 Å². The first kappa shape index (κ1) is 33.5. The molecule has 0 heterocycles. The third-order valence-corrected chi connectivity index (χ3v) is 4.97. The SMILES string of the molecule is CCCCCCCCCCCC(=O)[O-].CCCCCCCCCCCC(=O)[O-].[Bi+2]. The molecule has 0 spiro atoms. The van der Waals surface area contributed by atoms with Crippen LogP contribution in [0.1, 0.15) is 142 Å². The average molecular weight is 608 g/mol. The van der Waals surface area contributed by atoms with E-state index in [-0.39, 0.29) is 39.0 Å². The van der Waals surface area contributed by atoms with Gasteiger partial charge in [-0.05, 0) is 25.7 Å². The number of carbonyl (C=O) groups is 2. The molecule has 0 rings (SSSR count). The third kappa shape index (κ3) is 39.0. The van der Waals surface area contributed by atoms with Crippen molar-refractivity contribution in [3.05, 3.63) is 0 Å². The van der Waals surface area contributed by atoms with E-state index in [1.807, 2.05) is 0 Å². The molecular weight excluding hydrogens is 561 g/mol. The van der Waals surface area contributed by atoms with Crippen molar-refractivity contribution in [2.75, 3.05) is 0 Å². The van der Waals surface area contributed by atoms with Crippen molar-refractivity contribution in [3.63, 3.8) is 0 Å². The molecule has 0 aromatic heterocycles. The van der Waals surface area contributed by atoms with Crippen LogP contribution in [0.4, 0.5) is 0 Å². The Bertz CT molecular complexity index is 303. The van der Waals surface area contributed by atoms with Crippen molar-refractivity contribution in [1.29, 1.82) is 0 Å². The summed E-state index contributed by atoms with van der Waals surface area (Å²) >= 11 is 0. The third-order valence-electron chi connectivity index (χ3n) is 4.97. The Morgan fingerprint density at radius 2 is 0.655 bits per heavy atom. The number of unbranched alkanes of at least 4 members (excludes halogenated alkanes) is 16. The number of hydrogen-bond donors (Lipinski definition) is 0. The fourth-order valence-electron chi connectivity index (χ4n) is 3.16. The fourth-order valence-corrected chi connectivity index (χ4v) is 3.16. The predicted octanol–water partition coefficient (Wildman–Crippen LogP) is 4.93. The van der Waals surface area contributed by atoms with Gasteiger partial charge in [0.25, 0.3) is 0 Å². The number of carboxylic acids is 2. The molecule has 0 saturated heterocycles. The monoisotopic (exact) mass is 607 g/mol. The molecule has 0 unspecified atom stereocenters. The smallest absolute Gasteiger partial charge is 0.550 e. The Kier molecular flexibility index (Phi) is 34.6. The molecule has 5 heteroatoms. The first-order valence-corrected chi connectivity index (χ1v) is 11.9. The molecule has 0 atom stereocenters. The van der Waals surface area contributed by atoms with Crippen molar-refractivity contribution < 1.29 is 19.8 Å². The first-order chi connectivity index (χ1) is 13.5. The quantitative estimate of drug-likeness (QED) is 0.145. The van der Waals surface area contributed by atoms with Crippen molar-refractivity contribution >= 4 is 38.1 Å². The minimum atomic E-state index is -0.909. The van der Waals surface area contributed by atoms with E-state index in [2.05, 4.69) is 13.8 Å². The number of carbonyl (C=O) groups excluding carboxylic acids is 2. The molecule has 0 amide bonds. The largest absolute Gasteiger partial charge is 2.00 e. The van der Waals surface area contributed by atoms with Gasteiger partial charge in [0.1, 0.15) is 0 Å². The van der Waals surface area contributed by atoms with Crippen LogP contribution < -0.4 is 10.2 Å². The van der Waals surface area contributed by atoms with Crippen LogP contribution in [0.3, 0.4) is 0 Å². The molecule has 0 saturated carbocycles. The molecule has 4 nitrogen and oxygen atoms in total. The van der Waals surface area contributed by atoms with Crippen LogP contribution in [-0.4, -0.2) is 38.1 Å². The molecule has 0 fully saturated rings. The van der Waals surface area contributed by atoms with Gasteiger partial charge >= 0.3 is 26.2 Å². The van der Waals surface area contributed by atoms with Crippen molar-refractivity contribution in [2.45, 2.75) is 142 Å². The summed E-state index contributed by atoms with van der Waals surface area (Å²) in [6.45, 7) is 4.44. The number of carboxylic acid groups (broad SMARTS) is 2. The zero-order valence-electron chi connectivity index (χ0n) is 19.2. The summed E-state index contributed by atoms with van der Waals surface area (Å²) in [7, 11) is 0. The second-order valence-electron chi connectivity index (χ2n) is 7.90. The van der Waals surface area contributed by atoms with Crippen LogP contribution >= 0.6 is 0 Å². The van der Waals surface area contributed by atoms with Crippen molar-refractivity contribution in [1.82, 2.24) is 0 Å². The summed E-state index contributed by atoms with van der Waals surface area (Å²) in [6.07, 6.45) is 22.3. The van der Waals surface area contributed by atoms with Crippen LogP contribution in [0.25, 0.3) is 0 Å². The predicted molar refractivity (Wildman–Crippen MR) is 119 cm³/mol. The van der Waals surface area contributed by atoms with E-state index in [1.165, 1.54) is 89.9 Å². The normalized spacial score (nSPS) is 10.0. The molecule has 29 heavy (non-hydrogen) atoms. The minimum Gasteiger partial charge on any atom is -0.550 e. The molecule has 0 aliphatic carbocycles.